The SMILES string of the molecule is CC1(C)OC(=O)C(C(=O)CC[C@H](Cc2ccccc2)N(C(=O)O)C(C)(C)C)C(=O)O1. The molecule has 1 aliphatic rings. The zero-order valence-electron chi connectivity index (χ0n) is 18.0. The first-order valence-corrected chi connectivity index (χ1v) is 9.86. The molecule has 0 unspecified atom stereocenters. The van der Waals surface area contributed by atoms with E-state index in [0.717, 1.165) is 5.56 Å². The van der Waals surface area contributed by atoms with E-state index >= 15 is 0 Å². The van der Waals surface area contributed by atoms with Gasteiger partial charge in [0.2, 0.25) is 5.92 Å². The van der Waals surface area contributed by atoms with Crippen molar-refractivity contribution in [3.63, 3.8) is 0 Å². The van der Waals surface area contributed by atoms with Gasteiger partial charge in [-0.15, -0.1) is 0 Å². The lowest BCUT2D eigenvalue weighted by atomic mass is 9.92. The standard InChI is InChI=1S/C22H29NO7/c1-21(2,3)23(20(27)28)15(13-14-9-7-6-8-10-14)11-12-16(24)17-18(25)29-22(4,5)30-19(17)26/h6-10,15,17H,11-13H2,1-5H3,(H,27,28)/t15-/m1/s1. The number of esters is 2. The third-order valence-corrected chi connectivity index (χ3v) is 4.82. The van der Waals surface area contributed by atoms with Gasteiger partial charge in [-0.25, -0.2) is 4.79 Å². The van der Waals surface area contributed by atoms with Crippen molar-refractivity contribution in [2.75, 3.05) is 0 Å². The molecule has 1 heterocycles. The lowest BCUT2D eigenvalue weighted by molar-refractivity contribution is -0.238. The summed E-state index contributed by atoms with van der Waals surface area (Å²) in [6.07, 6.45) is -0.719. The van der Waals surface area contributed by atoms with Crippen LogP contribution in [-0.4, -0.2) is 51.2 Å². The zero-order valence-corrected chi connectivity index (χ0v) is 18.0. The quantitative estimate of drug-likeness (QED) is 0.534. The fourth-order valence-corrected chi connectivity index (χ4v) is 3.63. The number of Topliss-reactive ketones (excluding diaryl/α,β-unsaturated/α-hetero) is 1. The highest BCUT2D eigenvalue weighted by Gasteiger charge is 2.47. The van der Waals surface area contributed by atoms with Gasteiger partial charge in [0.15, 0.2) is 5.78 Å². The number of benzene rings is 1. The van der Waals surface area contributed by atoms with Gasteiger partial charge in [0.25, 0.3) is 5.79 Å². The molecule has 8 heteroatoms. The zero-order chi connectivity index (χ0) is 22.7. The Balaban J connectivity index is 2.19. The molecule has 1 aromatic rings. The van der Waals surface area contributed by atoms with Crippen LogP contribution in [0.1, 0.15) is 53.0 Å². The van der Waals surface area contributed by atoms with Gasteiger partial charge in [0, 0.05) is 31.8 Å². The van der Waals surface area contributed by atoms with E-state index in [9.17, 15) is 24.3 Å². The van der Waals surface area contributed by atoms with Crippen molar-refractivity contribution in [2.45, 2.75) is 71.2 Å². The lowest BCUT2D eigenvalue weighted by Gasteiger charge is -2.40. The van der Waals surface area contributed by atoms with Gasteiger partial charge in [-0.05, 0) is 39.2 Å². The molecule has 1 aliphatic heterocycles. The van der Waals surface area contributed by atoms with Crippen molar-refractivity contribution in [2.24, 2.45) is 5.92 Å². The number of amides is 1. The van der Waals surface area contributed by atoms with Crippen LogP contribution < -0.4 is 0 Å². The Bertz CT molecular complexity index is 791. The monoisotopic (exact) mass is 419 g/mol. The number of ketones is 1. The van der Waals surface area contributed by atoms with Crippen LogP contribution in [0.2, 0.25) is 0 Å². The lowest BCUT2D eigenvalue weighted by Crippen LogP contribution is -2.52. The molecule has 1 fully saturated rings. The van der Waals surface area contributed by atoms with Crippen LogP contribution in [0, 0.1) is 5.92 Å². The van der Waals surface area contributed by atoms with Gasteiger partial charge < -0.3 is 19.5 Å². The number of hydrogen-bond donors (Lipinski definition) is 1. The summed E-state index contributed by atoms with van der Waals surface area (Å²) in [4.78, 5) is 50.3. The minimum absolute atomic E-state index is 0.151. The molecule has 0 saturated carbocycles. The Morgan fingerprint density at radius 2 is 1.63 bits per heavy atom. The van der Waals surface area contributed by atoms with Crippen molar-refractivity contribution in [3.8, 4) is 0 Å². The Morgan fingerprint density at radius 1 is 1.10 bits per heavy atom. The third kappa shape index (κ3) is 5.81. The fourth-order valence-electron chi connectivity index (χ4n) is 3.63. The number of carbonyl (C=O) groups is 4. The number of hydrogen-bond acceptors (Lipinski definition) is 6. The van der Waals surface area contributed by atoms with E-state index in [0.29, 0.717) is 6.42 Å². The molecule has 0 spiro atoms. The summed E-state index contributed by atoms with van der Waals surface area (Å²) < 4.78 is 10.0. The van der Waals surface area contributed by atoms with Gasteiger partial charge in [0.1, 0.15) is 0 Å². The molecule has 1 N–H and O–H groups in total. The number of nitrogens with zero attached hydrogens (tertiary/aromatic N) is 1. The first-order chi connectivity index (χ1) is 13.8. The van der Waals surface area contributed by atoms with Crippen LogP contribution in [0.5, 0.6) is 0 Å². The highest BCUT2D eigenvalue weighted by Crippen LogP contribution is 2.27. The van der Waals surface area contributed by atoms with Crippen molar-refractivity contribution < 1.29 is 33.8 Å². The van der Waals surface area contributed by atoms with Crippen LogP contribution in [0.15, 0.2) is 30.3 Å². The third-order valence-electron chi connectivity index (χ3n) is 4.82. The number of carboxylic acid groups (broad SMARTS) is 1. The second-order valence-electron chi connectivity index (χ2n) is 8.85. The van der Waals surface area contributed by atoms with E-state index < -0.39 is 47.1 Å². The predicted octanol–water partition coefficient (Wildman–Crippen LogP) is 3.18. The van der Waals surface area contributed by atoms with Crippen LogP contribution in [-0.2, 0) is 30.3 Å². The molecule has 1 aromatic carbocycles. The number of ether oxygens (including phenoxy) is 2. The first-order valence-electron chi connectivity index (χ1n) is 9.86. The summed E-state index contributed by atoms with van der Waals surface area (Å²) in [5.41, 5.74) is 0.213. The molecule has 8 nitrogen and oxygen atoms in total. The highest BCUT2D eigenvalue weighted by atomic mass is 16.7. The molecular formula is C22H29NO7. The minimum atomic E-state index is -1.64. The maximum atomic E-state index is 12.7. The van der Waals surface area contributed by atoms with Crippen molar-refractivity contribution in [3.05, 3.63) is 35.9 Å². The van der Waals surface area contributed by atoms with Crippen LogP contribution >= 0.6 is 0 Å². The Kier molecular flexibility index (Phi) is 6.90. The number of rotatable bonds is 7. The van der Waals surface area contributed by atoms with E-state index in [1.807, 2.05) is 30.3 Å². The largest absolute Gasteiger partial charge is 0.465 e. The second kappa shape index (κ2) is 8.85. The Morgan fingerprint density at radius 3 is 2.10 bits per heavy atom. The summed E-state index contributed by atoms with van der Waals surface area (Å²) in [6.45, 7) is 8.15. The molecule has 0 aliphatic carbocycles. The summed E-state index contributed by atoms with van der Waals surface area (Å²) >= 11 is 0. The minimum Gasteiger partial charge on any atom is -0.465 e. The predicted molar refractivity (Wildman–Crippen MR) is 108 cm³/mol. The maximum absolute atomic E-state index is 12.7. The summed E-state index contributed by atoms with van der Waals surface area (Å²) in [5.74, 6) is -5.56. The van der Waals surface area contributed by atoms with Gasteiger partial charge in [-0.3, -0.25) is 14.4 Å². The highest BCUT2D eigenvalue weighted by molar-refractivity contribution is 6.15. The molecule has 0 bridgehead atoms. The van der Waals surface area contributed by atoms with Crippen LogP contribution in [0.3, 0.4) is 0 Å². The van der Waals surface area contributed by atoms with Crippen molar-refractivity contribution in [1.29, 1.82) is 0 Å². The van der Waals surface area contributed by atoms with Crippen molar-refractivity contribution in [1.82, 2.24) is 4.90 Å². The molecule has 1 amide bonds. The van der Waals surface area contributed by atoms with E-state index in [1.165, 1.54) is 18.7 Å². The second-order valence-corrected chi connectivity index (χ2v) is 8.85. The van der Waals surface area contributed by atoms with Gasteiger partial charge in [-0.2, -0.15) is 0 Å². The van der Waals surface area contributed by atoms with Crippen LogP contribution in [0.25, 0.3) is 0 Å². The van der Waals surface area contributed by atoms with E-state index in [-0.39, 0.29) is 12.8 Å². The molecule has 2 rings (SSSR count). The molecule has 0 aromatic heterocycles. The Labute approximate surface area is 176 Å². The van der Waals surface area contributed by atoms with E-state index in [4.69, 9.17) is 9.47 Å². The topological polar surface area (TPSA) is 110 Å². The van der Waals surface area contributed by atoms with Crippen molar-refractivity contribution >= 4 is 23.8 Å². The summed E-state index contributed by atoms with van der Waals surface area (Å²) in [6, 6.07) is 8.82. The average molecular weight is 419 g/mol. The number of cyclic esters (lactones) is 2. The molecule has 30 heavy (non-hydrogen) atoms. The van der Waals surface area contributed by atoms with Crippen LogP contribution in [0.4, 0.5) is 4.79 Å². The molecular weight excluding hydrogens is 390 g/mol. The first kappa shape index (κ1) is 23.4. The van der Waals surface area contributed by atoms with Gasteiger partial charge >= 0.3 is 18.0 Å². The van der Waals surface area contributed by atoms with Gasteiger partial charge in [-0.1, -0.05) is 30.3 Å². The average Bonchev–Trinajstić information content (AvgIpc) is 2.57. The fraction of sp³-hybridized carbons (Fsp3) is 0.545. The maximum Gasteiger partial charge on any atom is 0.407 e. The molecule has 1 atom stereocenters. The van der Waals surface area contributed by atoms with E-state index in [1.54, 1.807) is 20.8 Å². The number of carbonyl (C=O) groups excluding carboxylic acids is 3. The smallest absolute Gasteiger partial charge is 0.407 e. The molecule has 164 valence electrons. The van der Waals surface area contributed by atoms with Gasteiger partial charge in [0.05, 0.1) is 0 Å². The molecule has 1 saturated heterocycles. The normalized spacial score (nSPS) is 17.6. The summed E-state index contributed by atoms with van der Waals surface area (Å²) in [7, 11) is 0. The summed E-state index contributed by atoms with van der Waals surface area (Å²) in [5, 5.41) is 9.81. The van der Waals surface area contributed by atoms with E-state index in [2.05, 4.69) is 0 Å². The molecule has 0 radical (unpaired) electrons. The Hall–Kier alpha value is -2.90.